The highest BCUT2D eigenvalue weighted by atomic mass is 35.5. The number of halogens is 1. The molecule has 5 aromatic carbocycles. The molecule has 0 amide bonds. The molecule has 8 aromatic rings. The van der Waals surface area contributed by atoms with Crippen molar-refractivity contribution in [3.8, 4) is 23.7 Å². The fourth-order valence-corrected chi connectivity index (χ4v) is 5.59. The Morgan fingerprint density at radius 1 is 0.450 bits per heavy atom. The first-order valence-electron chi connectivity index (χ1n) is 12.9. The molecule has 0 aliphatic rings. The Labute approximate surface area is 233 Å². The van der Waals surface area contributed by atoms with Gasteiger partial charge in [-0.05, 0) is 48.5 Å². The number of para-hydroxylation sites is 4. The molecule has 0 bridgehead atoms. The zero-order valence-electron chi connectivity index (χ0n) is 21.1. The molecule has 0 fully saturated rings. The quantitative estimate of drug-likeness (QED) is 0.226. The van der Waals surface area contributed by atoms with Gasteiger partial charge in [0.1, 0.15) is 5.75 Å². The van der Waals surface area contributed by atoms with Crippen molar-refractivity contribution in [2.45, 2.75) is 0 Å². The Bertz CT molecular complexity index is 1980. The Morgan fingerprint density at radius 3 is 1.23 bits per heavy atom. The molecule has 0 spiro atoms. The summed E-state index contributed by atoms with van der Waals surface area (Å²) in [6.07, 6.45) is 0. The monoisotopic (exact) mass is 537 g/mol. The normalized spacial score (nSPS) is 11.6. The summed E-state index contributed by atoms with van der Waals surface area (Å²) < 4.78 is 10.3. The first-order chi connectivity index (χ1) is 19.7. The smallest absolute Gasteiger partial charge is 0.328 e. The van der Waals surface area contributed by atoms with Crippen LogP contribution in [0.3, 0.4) is 0 Å². The maximum Gasteiger partial charge on any atom is 0.328 e. The second-order valence-electron chi connectivity index (χ2n) is 9.51. The van der Waals surface area contributed by atoms with Crippen molar-refractivity contribution in [2.75, 3.05) is 0 Å². The van der Waals surface area contributed by atoms with Crippen LogP contribution in [0.4, 0.5) is 0 Å². The van der Waals surface area contributed by atoms with E-state index >= 15 is 0 Å². The molecular weight excluding hydrogens is 518 g/mol. The van der Waals surface area contributed by atoms with Crippen molar-refractivity contribution < 1.29 is 4.74 Å². The van der Waals surface area contributed by atoms with Gasteiger partial charge in [-0.3, -0.25) is 9.13 Å². The van der Waals surface area contributed by atoms with Crippen molar-refractivity contribution in [3.63, 3.8) is 0 Å². The Hall–Kier alpha value is -5.20. The van der Waals surface area contributed by atoms with Crippen LogP contribution in [0.5, 0.6) is 11.8 Å². The van der Waals surface area contributed by atoms with E-state index in [-0.39, 0.29) is 6.01 Å². The fraction of sp³-hybridized carbons (Fsp3) is 0. The van der Waals surface area contributed by atoms with Crippen LogP contribution in [-0.2, 0) is 0 Å². The molecule has 8 rings (SSSR count). The zero-order chi connectivity index (χ0) is 26.6. The summed E-state index contributed by atoms with van der Waals surface area (Å²) in [5, 5.41) is 5.11. The lowest BCUT2D eigenvalue weighted by Crippen LogP contribution is -2.10. The molecule has 0 saturated heterocycles. The average Bonchev–Trinajstić information content (AvgIpc) is 3.51. The number of hydrogen-bond donors (Lipinski definition) is 0. The maximum absolute atomic E-state index is 6.21. The SMILES string of the molecule is Clc1ccc(Oc2nc(-n3c4ccccc4c4ccccc43)nc(-n3c4ccccc4c4ccccc43)n2)cc1. The molecule has 0 atom stereocenters. The Kier molecular flexibility index (Phi) is 5.08. The number of hydrogen-bond acceptors (Lipinski definition) is 4. The number of rotatable bonds is 4. The summed E-state index contributed by atoms with van der Waals surface area (Å²) in [5.41, 5.74) is 4.00. The average molecular weight is 538 g/mol. The van der Waals surface area contributed by atoms with Gasteiger partial charge in [-0.1, -0.05) is 84.4 Å². The molecule has 0 N–H and O–H groups in total. The standard InChI is InChI=1S/C33H20ClN5O/c34-21-17-19-22(20-18-21)40-33-36-31(38-27-13-5-1-9-23(27)24-10-2-6-14-28(24)38)35-32(37-33)39-29-15-7-3-11-25(29)26-12-4-8-16-30(26)39/h1-20H. The summed E-state index contributed by atoms with van der Waals surface area (Å²) in [7, 11) is 0. The van der Waals surface area contributed by atoms with Crippen LogP contribution in [0.1, 0.15) is 0 Å². The minimum Gasteiger partial charge on any atom is -0.424 e. The van der Waals surface area contributed by atoms with Gasteiger partial charge in [-0.15, -0.1) is 0 Å². The molecular formula is C33H20ClN5O. The summed E-state index contributed by atoms with van der Waals surface area (Å²) in [4.78, 5) is 14.7. The highest BCUT2D eigenvalue weighted by molar-refractivity contribution is 6.30. The molecule has 0 unspecified atom stereocenters. The predicted octanol–water partition coefficient (Wildman–Crippen LogP) is 8.51. The van der Waals surface area contributed by atoms with Crippen LogP contribution in [-0.4, -0.2) is 24.1 Å². The molecule has 7 heteroatoms. The second kappa shape index (κ2) is 8.93. The molecule has 0 saturated carbocycles. The van der Waals surface area contributed by atoms with E-state index in [9.17, 15) is 0 Å². The lowest BCUT2D eigenvalue weighted by molar-refractivity contribution is 0.437. The second-order valence-corrected chi connectivity index (χ2v) is 9.95. The molecule has 0 aliphatic heterocycles. The number of aromatic nitrogens is 5. The van der Waals surface area contributed by atoms with Gasteiger partial charge in [0.15, 0.2) is 0 Å². The van der Waals surface area contributed by atoms with Crippen LogP contribution in [0.25, 0.3) is 55.5 Å². The van der Waals surface area contributed by atoms with E-state index in [2.05, 4.69) is 57.7 Å². The lowest BCUT2D eigenvalue weighted by Gasteiger charge is -2.12. The minimum atomic E-state index is 0.186. The Morgan fingerprint density at radius 2 is 0.825 bits per heavy atom. The highest BCUT2D eigenvalue weighted by Gasteiger charge is 2.20. The fourth-order valence-electron chi connectivity index (χ4n) is 5.47. The van der Waals surface area contributed by atoms with Crippen LogP contribution in [0.2, 0.25) is 5.02 Å². The molecule has 3 heterocycles. The van der Waals surface area contributed by atoms with E-state index in [0.717, 1.165) is 43.6 Å². The summed E-state index contributed by atoms with van der Waals surface area (Å²) in [6, 6.07) is 40.4. The lowest BCUT2D eigenvalue weighted by atomic mass is 10.2. The van der Waals surface area contributed by atoms with E-state index in [0.29, 0.717) is 22.7 Å². The largest absolute Gasteiger partial charge is 0.424 e. The van der Waals surface area contributed by atoms with Gasteiger partial charge in [-0.25, -0.2) is 0 Å². The van der Waals surface area contributed by atoms with Gasteiger partial charge in [0.05, 0.1) is 22.1 Å². The van der Waals surface area contributed by atoms with Crippen molar-refractivity contribution in [3.05, 3.63) is 126 Å². The first-order valence-corrected chi connectivity index (χ1v) is 13.3. The van der Waals surface area contributed by atoms with Crippen molar-refractivity contribution in [1.29, 1.82) is 0 Å². The maximum atomic E-state index is 6.21. The van der Waals surface area contributed by atoms with Gasteiger partial charge >= 0.3 is 6.01 Å². The number of benzene rings is 5. The molecule has 40 heavy (non-hydrogen) atoms. The van der Waals surface area contributed by atoms with E-state index in [1.54, 1.807) is 24.3 Å². The van der Waals surface area contributed by atoms with Gasteiger partial charge in [0.25, 0.3) is 0 Å². The topological polar surface area (TPSA) is 57.8 Å². The van der Waals surface area contributed by atoms with Crippen LogP contribution >= 0.6 is 11.6 Å². The molecule has 0 radical (unpaired) electrons. The van der Waals surface area contributed by atoms with Gasteiger partial charge in [0, 0.05) is 26.6 Å². The van der Waals surface area contributed by atoms with Gasteiger partial charge in [0.2, 0.25) is 11.9 Å². The zero-order valence-corrected chi connectivity index (χ0v) is 21.8. The van der Waals surface area contributed by atoms with Crippen molar-refractivity contribution >= 4 is 55.2 Å². The first kappa shape index (κ1) is 22.8. The van der Waals surface area contributed by atoms with E-state index < -0.39 is 0 Å². The molecule has 6 nitrogen and oxygen atoms in total. The van der Waals surface area contributed by atoms with Crippen LogP contribution in [0.15, 0.2) is 121 Å². The number of nitrogens with zero attached hydrogens (tertiary/aromatic N) is 5. The third-order valence-electron chi connectivity index (χ3n) is 7.17. The van der Waals surface area contributed by atoms with Crippen LogP contribution < -0.4 is 4.74 Å². The van der Waals surface area contributed by atoms with Crippen LogP contribution in [0, 0.1) is 0 Å². The molecule has 3 aromatic heterocycles. The van der Waals surface area contributed by atoms with Gasteiger partial charge < -0.3 is 4.74 Å². The number of ether oxygens (including phenoxy) is 1. The summed E-state index contributed by atoms with van der Waals surface area (Å²) in [5.74, 6) is 1.51. The van der Waals surface area contributed by atoms with E-state index in [1.165, 1.54) is 0 Å². The highest BCUT2D eigenvalue weighted by Crippen LogP contribution is 2.34. The van der Waals surface area contributed by atoms with Gasteiger partial charge in [-0.2, -0.15) is 15.0 Å². The third kappa shape index (κ3) is 3.54. The summed E-state index contributed by atoms with van der Waals surface area (Å²) >= 11 is 6.12. The minimum absolute atomic E-state index is 0.186. The Balaban J connectivity index is 1.44. The molecule has 0 aliphatic carbocycles. The predicted molar refractivity (Wildman–Crippen MR) is 160 cm³/mol. The third-order valence-corrected chi connectivity index (χ3v) is 7.43. The van der Waals surface area contributed by atoms with E-state index in [4.69, 9.17) is 31.3 Å². The molecule has 190 valence electrons. The van der Waals surface area contributed by atoms with Crippen molar-refractivity contribution in [1.82, 2.24) is 24.1 Å². The number of fused-ring (bicyclic) bond motifs is 6. The summed E-state index contributed by atoms with van der Waals surface area (Å²) in [6.45, 7) is 0. The van der Waals surface area contributed by atoms with Crippen molar-refractivity contribution in [2.24, 2.45) is 0 Å². The van der Waals surface area contributed by atoms with E-state index in [1.807, 2.05) is 48.5 Å².